The first-order valence-electron chi connectivity index (χ1n) is 6.63. The van der Waals surface area contributed by atoms with Gasteiger partial charge in [-0.2, -0.15) is 0 Å². The molecule has 0 aromatic heterocycles. The van der Waals surface area contributed by atoms with Gasteiger partial charge in [-0.05, 0) is 36.4 Å². The largest absolute Gasteiger partial charge is 0.323 e. The first-order valence-corrected chi connectivity index (χ1v) is 8.52. The molecule has 0 aliphatic heterocycles. The molecule has 0 spiro atoms. The predicted molar refractivity (Wildman–Crippen MR) is 90.6 cm³/mol. The Morgan fingerprint density at radius 3 is 1.75 bits per heavy atom. The molecule has 2 rings (SSSR count). The van der Waals surface area contributed by atoms with Gasteiger partial charge in [0.1, 0.15) is 0 Å². The number of nitrogens with zero attached hydrogens (tertiary/aromatic N) is 1. The molecule has 0 bridgehead atoms. The SMILES string of the molecule is CS(=O)(=O)Nc1ccc(NC(=O)Nc2ccc([N+](=O)[O-])cc2)cc1. The number of carbonyl (C=O) groups is 1. The van der Waals surface area contributed by atoms with Gasteiger partial charge in [0.05, 0.1) is 11.2 Å². The van der Waals surface area contributed by atoms with Crippen molar-refractivity contribution in [2.75, 3.05) is 21.6 Å². The van der Waals surface area contributed by atoms with Crippen LogP contribution < -0.4 is 15.4 Å². The summed E-state index contributed by atoms with van der Waals surface area (Å²) in [6, 6.07) is 10.9. The fourth-order valence-electron chi connectivity index (χ4n) is 1.80. The lowest BCUT2D eigenvalue weighted by molar-refractivity contribution is -0.384. The Kier molecular flexibility index (Phi) is 4.99. The van der Waals surface area contributed by atoms with Gasteiger partial charge in [0.25, 0.3) is 5.69 Å². The number of anilines is 3. The van der Waals surface area contributed by atoms with E-state index < -0.39 is 21.0 Å². The van der Waals surface area contributed by atoms with Crippen LogP contribution in [0.25, 0.3) is 0 Å². The Bertz CT molecular complexity index is 848. The second-order valence-corrected chi connectivity index (χ2v) is 6.58. The molecule has 0 atom stereocenters. The average Bonchev–Trinajstić information content (AvgIpc) is 2.48. The first-order chi connectivity index (χ1) is 11.2. The summed E-state index contributed by atoms with van der Waals surface area (Å²) in [7, 11) is -3.36. The molecular formula is C14H14N4O5S. The van der Waals surface area contributed by atoms with Gasteiger partial charge >= 0.3 is 6.03 Å². The number of urea groups is 1. The van der Waals surface area contributed by atoms with E-state index in [2.05, 4.69) is 15.4 Å². The van der Waals surface area contributed by atoms with Gasteiger partial charge < -0.3 is 10.6 Å². The zero-order chi connectivity index (χ0) is 17.7. The van der Waals surface area contributed by atoms with E-state index in [1.54, 1.807) is 0 Å². The van der Waals surface area contributed by atoms with Crippen LogP contribution >= 0.6 is 0 Å². The minimum atomic E-state index is -3.36. The molecule has 0 saturated heterocycles. The lowest BCUT2D eigenvalue weighted by atomic mass is 10.3. The van der Waals surface area contributed by atoms with Crippen LogP contribution in [0.3, 0.4) is 0 Å². The molecular weight excluding hydrogens is 336 g/mol. The third kappa shape index (κ3) is 5.25. The predicted octanol–water partition coefficient (Wildman–Crippen LogP) is 2.61. The number of hydrogen-bond acceptors (Lipinski definition) is 5. The summed E-state index contributed by atoms with van der Waals surface area (Å²) in [4.78, 5) is 21.9. The van der Waals surface area contributed by atoms with Gasteiger partial charge in [-0.15, -0.1) is 0 Å². The minimum Gasteiger partial charge on any atom is -0.308 e. The Morgan fingerprint density at radius 2 is 1.33 bits per heavy atom. The number of carbonyl (C=O) groups excluding carboxylic acids is 1. The fourth-order valence-corrected chi connectivity index (χ4v) is 2.36. The minimum absolute atomic E-state index is 0.0741. The number of rotatable bonds is 5. The second kappa shape index (κ2) is 6.96. The van der Waals surface area contributed by atoms with Gasteiger partial charge in [-0.1, -0.05) is 0 Å². The summed E-state index contributed by atoms with van der Waals surface area (Å²) >= 11 is 0. The maximum atomic E-state index is 11.8. The van der Waals surface area contributed by atoms with Crippen molar-refractivity contribution in [3.63, 3.8) is 0 Å². The monoisotopic (exact) mass is 350 g/mol. The van der Waals surface area contributed by atoms with Crippen LogP contribution in [0.1, 0.15) is 0 Å². The van der Waals surface area contributed by atoms with Gasteiger partial charge in [-0.25, -0.2) is 13.2 Å². The highest BCUT2D eigenvalue weighted by atomic mass is 32.2. The lowest BCUT2D eigenvalue weighted by Gasteiger charge is -2.09. The number of sulfonamides is 1. The van der Waals surface area contributed by atoms with E-state index >= 15 is 0 Å². The lowest BCUT2D eigenvalue weighted by Crippen LogP contribution is -2.19. The summed E-state index contributed by atoms with van der Waals surface area (Å²) < 4.78 is 24.5. The summed E-state index contributed by atoms with van der Waals surface area (Å²) in [5.41, 5.74) is 1.15. The van der Waals surface area contributed by atoms with Crippen molar-refractivity contribution in [3.8, 4) is 0 Å². The van der Waals surface area contributed by atoms with Crippen molar-refractivity contribution in [2.45, 2.75) is 0 Å². The summed E-state index contributed by atoms with van der Waals surface area (Å²) in [5.74, 6) is 0. The summed E-state index contributed by atoms with van der Waals surface area (Å²) in [5, 5.41) is 15.6. The van der Waals surface area contributed by atoms with Crippen LogP contribution in [0.2, 0.25) is 0 Å². The molecule has 24 heavy (non-hydrogen) atoms. The zero-order valence-corrected chi connectivity index (χ0v) is 13.3. The zero-order valence-electron chi connectivity index (χ0n) is 12.5. The van der Waals surface area contributed by atoms with E-state index in [4.69, 9.17) is 0 Å². The van der Waals surface area contributed by atoms with E-state index in [-0.39, 0.29) is 5.69 Å². The number of benzene rings is 2. The summed E-state index contributed by atoms with van der Waals surface area (Å²) in [6.07, 6.45) is 1.04. The van der Waals surface area contributed by atoms with Crippen molar-refractivity contribution in [3.05, 3.63) is 58.6 Å². The van der Waals surface area contributed by atoms with Gasteiger partial charge in [0.15, 0.2) is 0 Å². The molecule has 9 nitrogen and oxygen atoms in total. The van der Waals surface area contributed by atoms with Gasteiger partial charge in [0.2, 0.25) is 10.0 Å². The number of nitro groups is 1. The molecule has 0 saturated carbocycles. The first kappa shape index (κ1) is 17.2. The van der Waals surface area contributed by atoms with Gasteiger partial charge in [-0.3, -0.25) is 14.8 Å². The highest BCUT2D eigenvalue weighted by Crippen LogP contribution is 2.17. The van der Waals surface area contributed by atoms with E-state index in [0.29, 0.717) is 17.1 Å². The highest BCUT2D eigenvalue weighted by Gasteiger charge is 2.07. The maximum Gasteiger partial charge on any atom is 0.323 e. The fraction of sp³-hybridized carbons (Fsp3) is 0.0714. The topological polar surface area (TPSA) is 130 Å². The number of amides is 2. The van der Waals surface area contributed by atoms with Crippen molar-refractivity contribution < 1.29 is 18.1 Å². The molecule has 0 aliphatic rings. The van der Waals surface area contributed by atoms with Crippen LogP contribution in [-0.2, 0) is 10.0 Å². The van der Waals surface area contributed by atoms with E-state index in [0.717, 1.165) is 6.26 Å². The molecule has 0 radical (unpaired) electrons. The molecule has 2 aromatic carbocycles. The smallest absolute Gasteiger partial charge is 0.308 e. The Labute approximate surface area is 137 Å². The molecule has 0 unspecified atom stereocenters. The Hall–Kier alpha value is -3.14. The Morgan fingerprint density at radius 1 is 0.917 bits per heavy atom. The number of non-ortho nitro benzene ring substituents is 1. The van der Waals surface area contributed by atoms with Crippen LogP contribution in [0.15, 0.2) is 48.5 Å². The third-order valence-electron chi connectivity index (χ3n) is 2.78. The van der Waals surface area contributed by atoms with Crippen LogP contribution in [-0.4, -0.2) is 25.6 Å². The molecule has 2 aromatic rings. The van der Waals surface area contributed by atoms with Crippen LogP contribution in [0, 0.1) is 10.1 Å². The second-order valence-electron chi connectivity index (χ2n) is 4.83. The van der Waals surface area contributed by atoms with Gasteiger partial charge in [0, 0.05) is 29.2 Å². The van der Waals surface area contributed by atoms with Crippen molar-refractivity contribution >= 4 is 38.8 Å². The third-order valence-corrected chi connectivity index (χ3v) is 3.39. The van der Waals surface area contributed by atoms with Crippen LogP contribution in [0.5, 0.6) is 0 Å². The van der Waals surface area contributed by atoms with Crippen LogP contribution in [0.4, 0.5) is 27.5 Å². The van der Waals surface area contributed by atoms with Crippen molar-refractivity contribution in [1.29, 1.82) is 0 Å². The normalized spacial score (nSPS) is 10.7. The van der Waals surface area contributed by atoms with E-state index in [9.17, 15) is 23.3 Å². The number of nitrogens with one attached hydrogen (secondary N) is 3. The number of nitro benzene ring substituents is 1. The highest BCUT2D eigenvalue weighted by molar-refractivity contribution is 7.92. The molecule has 3 N–H and O–H groups in total. The van der Waals surface area contributed by atoms with Crippen molar-refractivity contribution in [2.24, 2.45) is 0 Å². The average molecular weight is 350 g/mol. The summed E-state index contributed by atoms with van der Waals surface area (Å²) in [6.45, 7) is 0. The molecule has 126 valence electrons. The Balaban J connectivity index is 1.95. The quantitative estimate of drug-likeness (QED) is 0.563. The van der Waals surface area contributed by atoms with Crippen molar-refractivity contribution in [1.82, 2.24) is 0 Å². The molecule has 10 heteroatoms. The van der Waals surface area contributed by atoms with E-state index in [1.165, 1.54) is 48.5 Å². The standard InChI is InChI=1S/C14H14N4O5S/c1-24(22,23)17-12-4-2-10(3-5-12)15-14(19)16-11-6-8-13(9-7-11)18(20)21/h2-9,17H,1H3,(H2,15,16,19). The molecule has 0 fully saturated rings. The molecule has 0 heterocycles. The van der Waals surface area contributed by atoms with E-state index in [1.807, 2.05) is 0 Å². The maximum absolute atomic E-state index is 11.8. The number of hydrogen-bond donors (Lipinski definition) is 3. The molecule has 0 aliphatic carbocycles. The molecule has 2 amide bonds.